The van der Waals surface area contributed by atoms with Gasteiger partial charge in [-0.1, -0.05) is 18.2 Å². The molecule has 2 atom stereocenters. The second-order valence-electron chi connectivity index (χ2n) is 4.84. The fourth-order valence-corrected chi connectivity index (χ4v) is 1.99. The minimum Gasteiger partial charge on any atom is -0.390 e. The van der Waals surface area contributed by atoms with Crippen LogP contribution in [0.1, 0.15) is 25.0 Å². The number of nitrogens with zero attached hydrogens (tertiary/aromatic N) is 2. The Balaban J connectivity index is 1.98. The van der Waals surface area contributed by atoms with Gasteiger partial charge in [0, 0.05) is 25.2 Å². The number of para-hydroxylation sites is 1. The maximum Gasteiger partial charge on any atom is 0.216 e. The monoisotopic (exact) mass is 289 g/mol. The quantitative estimate of drug-likeness (QED) is 0.734. The highest BCUT2D eigenvalue weighted by Gasteiger charge is 2.20. The minimum absolute atomic E-state index is 0.159. The molecule has 1 amide bonds. The Hall–Kier alpha value is -2.18. The standard InChI is InChI=1S/C15H19N3O3/c1-11(19)16-8-7-14(20)15(21)12-9-17-18(10-12)13-5-3-2-4-6-13/h2-6,9-10,14-15,20-21H,7-8H2,1H3,(H,16,19). The van der Waals surface area contributed by atoms with Crippen molar-refractivity contribution in [3.05, 3.63) is 48.3 Å². The van der Waals surface area contributed by atoms with Crippen molar-refractivity contribution in [3.8, 4) is 5.69 Å². The number of benzene rings is 1. The zero-order valence-electron chi connectivity index (χ0n) is 11.8. The fourth-order valence-electron chi connectivity index (χ4n) is 1.99. The topological polar surface area (TPSA) is 87.4 Å². The van der Waals surface area contributed by atoms with Crippen LogP contribution in [0.4, 0.5) is 0 Å². The normalized spacial score (nSPS) is 13.7. The van der Waals surface area contributed by atoms with Gasteiger partial charge in [-0.15, -0.1) is 0 Å². The van der Waals surface area contributed by atoms with Crippen LogP contribution >= 0.6 is 0 Å². The van der Waals surface area contributed by atoms with Crippen molar-refractivity contribution in [1.82, 2.24) is 15.1 Å². The third kappa shape index (κ3) is 4.14. The second kappa shape index (κ2) is 7.01. The molecule has 21 heavy (non-hydrogen) atoms. The lowest BCUT2D eigenvalue weighted by Crippen LogP contribution is -2.27. The number of aliphatic hydroxyl groups is 2. The van der Waals surface area contributed by atoms with E-state index in [0.29, 0.717) is 12.1 Å². The van der Waals surface area contributed by atoms with Crippen molar-refractivity contribution in [2.75, 3.05) is 6.54 Å². The molecule has 1 heterocycles. The number of carbonyl (C=O) groups is 1. The summed E-state index contributed by atoms with van der Waals surface area (Å²) in [5.74, 6) is -0.159. The Morgan fingerprint density at radius 2 is 2.05 bits per heavy atom. The van der Waals surface area contributed by atoms with Crippen LogP contribution in [0.25, 0.3) is 5.69 Å². The van der Waals surface area contributed by atoms with Crippen LogP contribution in [0, 0.1) is 0 Å². The molecule has 0 saturated carbocycles. The fraction of sp³-hybridized carbons (Fsp3) is 0.333. The third-order valence-electron chi connectivity index (χ3n) is 3.14. The number of hydrogen-bond acceptors (Lipinski definition) is 4. The van der Waals surface area contributed by atoms with Crippen molar-refractivity contribution in [2.24, 2.45) is 0 Å². The molecular formula is C15H19N3O3. The maximum absolute atomic E-state index is 10.8. The first-order valence-electron chi connectivity index (χ1n) is 6.78. The highest BCUT2D eigenvalue weighted by Crippen LogP contribution is 2.19. The number of rotatable bonds is 6. The summed E-state index contributed by atoms with van der Waals surface area (Å²) in [6.45, 7) is 1.73. The maximum atomic E-state index is 10.8. The molecule has 0 spiro atoms. The Kier molecular flexibility index (Phi) is 5.08. The van der Waals surface area contributed by atoms with Crippen molar-refractivity contribution in [3.63, 3.8) is 0 Å². The lowest BCUT2D eigenvalue weighted by atomic mass is 10.1. The Labute approximate surface area is 123 Å². The summed E-state index contributed by atoms with van der Waals surface area (Å²) in [4.78, 5) is 10.8. The van der Waals surface area contributed by atoms with Gasteiger partial charge in [0.25, 0.3) is 0 Å². The molecular weight excluding hydrogens is 270 g/mol. The third-order valence-corrected chi connectivity index (χ3v) is 3.14. The highest BCUT2D eigenvalue weighted by molar-refractivity contribution is 5.72. The van der Waals surface area contributed by atoms with Crippen LogP contribution in [-0.4, -0.2) is 38.5 Å². The van der Waals surface area contributed by atoms with Gasteiger partial charge >= 0.3 is 0 Å². The van der Waals surface area contributed by atoms with Crippen LogP contribution in [0.15, 0.2) is 42.7 Å². The van der Waals surface area contributed by atoms with Crippen molar-refractivity contribution in [2.45, 2.75) is 25.6 Å². The lowest BCUT2D eigenvalue weighted by molar-refractivity contribution is -0.119. The molecule has 0 aliphatic carbocycles. The highest BCUT2D eigenvalue weighted by atomic mass is 16.3. The van der Waals surface area contributed by atoms with E-state index in [9.17, 15) is 15.0 Å². The van der Waals surface area contributed by atoms with Crippen LogP contribution in [0.5, 0.6) is 0 Å². The van der Waals surface area contributed by atoms with Crippen molar-refractivity contribution >= 4 is 5.91 Å². The molecule has 0 bridgehead atoms. The van der Waals surface area contributed by atoms with Crippen LogP contribution in [0.3, 0.4) is 0 Å². The van der Waals surface area contributed by atoms with E-state index < -0.39 is 12.2 Å². The van der Waals surface area contributed by atoms with Gasteiger partial charge in [-0.2, -0.15) is 5.10 Å². The number of aliphatic hydroxyl groups excluding tert-OH is 2. The van der Waals surface area contributed by atoms with Crippen LogP contribution in [0.2, 0.25) is 0 Å². The first kappa shape index (κ1) is 15.2. The van der Waals surface area contributed by atoms with E-state index in [1.54, 1.807) is 10.9 Å². The molecule has 2 rings (SSSR count). The molecule has 112 valence electrons. The Morgan fingerprint density at radius 3 is 2.71 bits per heavy atom. The Bertz CT molecular complexity index is 583. The summed E-state index contributed by atoms with van der Waals surface area (Å²) in [5, 5.41) is 26.8. The Morgan fingerprint density at radius 1 is 1.33 bits per heavy atom. The molecule has 3 N–H and O–H groups in total. The van der Waals surface area contributed by atoms with E-state index in [2.05, 4.69) is 10.4 Å². The first-order chi connectivity index (χ1) is 10.1. The summed E-state index contributed by atoms with van der Waals surface area (Å²) in [7, 11) is 0. The molecule has 6 nitrogen and oxygen atoms in total. The molecule has 0 fully saturated rings. The predicted octanol–water partition coefficient (Wildman–Crippen LogP) is 0.793. The lowest BCUT2D eigenvalue weighted by Gasteiger charge is -2.16. The number of aromatic nitrogens is 2. The van der Waals surface area contributed by atoms with Gasteiger partial charge in [0.2, 0.25) is 5.91 Å². The van der Waals surface area contributed by atoms with Gasteiger partial charge in [0.1, 0.15) is 6.10 Å². The minimum atomic E-state index is -1.03. The molecule has 6 heteroatoms. The summed E-state index contributed by atoms with van der Waals surface area (Å²) in [6, 6.07) is 9.51. The summed E-state index contributed by atoms with van der Waals surface area (Å²) < 4.78 is 1.64. The number of nitrogens with one attached hydrogen (secondary N) is 1. The molecule has 1 aromatic heterocycles. The van der Waals surface area contributed by atoms with Gasteiger partial charge in [0.05, 0.1) is 18.0 Å². The van der Waals surface area contributed by atoms with Gasteiger partial charge in [-0.25, -0.2) is 4.68 Å². The van der Waals surface area contributed by atoms with Crippen LogP contribution < -0.4 is 5.32 Å². The summed E-state index contributed by atoms with van der Waals surface area (Å²) in [5.41, 5.74) is 1.41. The number of amides is 1. The average molecular weight is 289 g/mol. The van der Waals surface area contributed by atoms with Gasteiger partial charge in [0.15, 0.2) is 0 Å². The molecule has 1 aromatic carbocycles. The van der Waals surface area contributed by atoms with Gasteiger partial charge < -0.3 is 15.5 Å². The predicted molar refractivity (Wildman–Crippen MR) is 77.8 cm³/mol. The van der Waals surface area contributed by atoms with E-state index in [0.717, 1.165) is 5.69 Å². The second-order valence-corrected chi connectivity index (χ2v) is 4.84. The smallest absolute Gasteiger partial charge is 0.216 e. The van der Waals surface area contributed by atoms with Gasteiger partial charge in [-0.3, -0.25) is 4.79 Å². The van der Waals surface area contributed by atoms with E-state index in [1.807, 2.05) is 30.3 Å². The number of hydrogen-bond donors (Lipinski definition) is 3. The van der Waals surface area contributed by atoms with E-state index in [1.165, 1.54) is 13.1 Å². The largest absolute Gasteiger partial charge is 0.390 e. The summed E-state index contributed by atoms with van der Waals surface area (Å²) >= 11 is 0. The molecule has 0 saturated heterocycles. The van der Waals surface area contributed by atoms with Crippen molar-refractivity contribution in [1.29, 1.82) is 0 Å². The van der Waals surface area contributed by atoms with E-state index in [-0.39, 0.29) is 12.3 Å². The molecule has 0 aliphatic heterocycles. The zero-order chi connectivity index (χ0) is 15.2. The summed E-state index contributed by atoms with van der Waals surface area (Å²) in [6.07, 6.45) is 1.50. The van der Waals surface area contributed by atoms with Crippen molar-refractivity contribution < 1.29 is 15.0 Å². The first-order valence-corrected chi connectivity index (χ1v) is 6.78. The number of carbonyl (C=O) groups excluding carboxylic acids is 1. The zero-order valence-corrected chi connectivity index (χ0v) is 11.8. The molecule has 2 unspecified atom stereocenters. The van der Waals surface area contributed by atoms with E-state index in [4.69, 9.17) is 0 Å². The SMILES string of the molecule is CC(=O)NCCC(O)C(O)c1cnn(-c2ccccc2)c1. The molecule has 0 aliphatic rings. The van der Waals surface area contributed by atoms with Gasteiger partial charge in [-0.05, 0) is 18.6 Å². The molecule has 2 aromatic rings. The molecule has 0 radical (unpaired) electrons. The van der Waals surface area contributed by atoms with E-state index >= 15 is 0 Å². The average Bonchev–Trinajstić information content (AvgIpc) is 2.96. The van der Waals surface area contributed by atoms with Crippen LogP contribution in [-0.2, 0) is 4.79 Å².